The van der Waals surface area contributed by atoms with Gasteiger partial charge in [0, 0.05) is 173 Å². The SMILES string of the molecule is O=C(O)C(CO)N1CCN(C(CO)C(=O)O)CCN(C(CO)C(O)CO)CCN(C(CO)C(=O)O)CC1.O=C(O)CN1CC(CO)N(CC(=O)O)CC(CO)N(CC(=O)N2CCOCC2)CC(CO)N(CC(=O)O)CC1CO.O=C(O)CN1CC(CO)N(CC(=O)O)CC(CO)N(CC(=O)NCCOCCO)CC(CO)N(CC(=O)O)CC1CO. The average molecular weight is 1750 g/mol. The van der Waals surface area contributed by atoms with Crippen LogP contribution in [0.4, 0.5) is 0 Å². The second kappa shape index (κ2) is 59.7. The van der Waals surface area contributed by atoms with E-state index in [0.29, 0.717) is 26.3 Å². The van der Waals surface area contributed by atoms with Crippen molar-refractivity contribution >= 4 is 65.5 Å². The van der Waals surface area contributed by atoms with E-state index >= 15 is 0 Å². The molecule has 51 heteroatoms. The van der Waals surface area contributed by atoms with Gasteiger partial charge < -0.3 is 142 Å². The van der Waals surface area contributed by atoms with E-state index in [1.807, 2.05) is 0 Å². The first-order chi connectivity index (χ1) is 57.1. The molecule has 4 rings (SSSR count). The number of nitrogens with zero attached hydrogens (tertiary/aromatic N) is 13. The van der Waals surface area contributed by atoms with Gasteiger partial charge in [-0.3, -0.25) is 112 Å². The predicted molar refractivity (Wildman–Crippen MR) is 409 cm³/mol. The molecular formula is C69H128N14O37. The molecule has 0 bridgehead atoms. The number of ether oxygens (including phenoxy) is 2. The first kappa shape index (κ1) is 109. The highest BCUT2D eigenvalue weighted by atomic mass is 16.5. The molecule has 2 amide bonds. The van der Waals surface area contributed by atoms with Gasteiger partial charge in [-0.2, -0.15) is 0 Å². The van der Waals surface area contributed by atoms with Crippen LogP contribution < -0.4 is 5.32 Å². The monoisotopic (exact) mass is 1740 g/mol. The topological polar surface area (TPSA) is 746 Å². The minimum absolute atomic E-state index is 0.0146. The van der Waals surface area contributed by atoms with Crippen LogP contribution in [0, 0.1) is 0 Å². The Bertz CT molecular complexity index is 2960. The van der Waals surface area contributed by atoms with E-state index in [0.717, 1.165) is 0 Å². The normalized spacial score (nSPS) is 24.4. The van der Waals surface area contributed by atoms with Crippen LogP contribution in [0.5, 0.6) is 0 Å². The summed E-state index contributed by atoms with van der Waals surface area (Å²) < 4.78 is 10.4. The average Bonchev–Trinajstić information content (AvgIpc) is 0.814. The van der Waals surface area contributed by atoms with E-state index in [1.54, 1.807) is 14.7 Å². The van der Waals surface area contributed by atoms with Crippen molar-refractivity contribution in [2.45, 2.75) is 78.6 Å². The first-order valence-electron chi connectivity index (χ1n) is 38.8. The van der Waals surface area contributed by atoms with E-state index in [-0.39, 0.29) is 150 Å². The Morgan fingerprint density at radius 2 is 0.567 bits per heavy atom. The van der Waals surface area contributed by atoms with Crippen LogP contribution in [0.2, 0.25) is 0 Å². The Kier molecular flexibility index (Phi) is 54.3. The molecule has 0 saturated carbocycles. The molecular weight excluding hydrogens is 1620 g/mol. The van der Waals surface area contributed by atoms with Crippen LogP contribution in [0.3, 0.4) is 0 Å². The van der Waals surface area contributed by atoms with Crippen LogP contribution in [-0.4, -0.2) is 626 Å². The molecule has 4 aliphatic heterocycles. The third-order valence-corrected chi connectivity index (χ3v) is 20.9. The summed E-state index contributed by atoms with van der Waals surface area (Å²) in [7, 11) is 0. The zero-order valence-electron chi connectivity index (χ0n) is 67.2. The summed E-state index contributed by atoms with van der Waals surface area (Å²) in [6, 6.07) is -12.6. The maximum Gasteiger partial charge on any atom is 0.323 e. The summed E-state index contributed by atoms with van der Waals surface area (Å²) in [5.41, 5.74) is 0. The van der Waals surface area contributed by atoms with Gasteiger partial charge in [0.1, 0.15) is 18.1 Å². The number of hydrogen-bond donors (Lipinski definition) is 25. The quantitative estimate of drug-likeness (QED) is 0.0252. The number of morpholine rings is 1. The number of aliphatic carboxylic acids is 9. The Labute approximate surface area is 691 Å². The van der Waals surface area contributed by atoms with E-state index in [4.69, 9.17) is 14.6 Å². The number of aliphatic hydroxyl groups excluding tert-OH is 15. The van der Waals surface area contributed by atoms with Crippen LogP contribution in [0.25, 0.3) is 0 Å². The zero-order chi connectivity index (χ0) is 90.3. The lowest BCUT2D eigenvalue weighted by molar-refractivity contribution is -0.149. The van der Waals surface area contributed by atoms with E-state index < -0.39 is 263 Å². The minimum atomic E-state index is -1.36. The molecule has 120 heavy (non-hydrogen) atoms. The molecule has 4 aliphatic rings. The summed E-state index contributed by atoms with van der Waals surface area (Å²) in [4.78, 5) is 150. The first-order valence-corrected chi connectivity index (χ1v) is 38.8. The van der Waals surface area contributed by atoms with Gasteiger partial charge in [0.15, 0.2) is 0 Å². The van der Waals surface area contributed by atoms with Crippen molar-refractivity contribution in [3.05, 3.63) is 0 Å². The highest BCUT2D eigenvalue weighted by Gasteiger charge is 2.41. The summed E-state index contributed by atoms with van der Waals surface area (Å²) >= 11 is 0. The fourth-order valence-electron chi connectivity index (χ4n) is 14.4. The Morgan fingerprint density at radius 3 is 0.783 bits per heavy atom. The van der Waals surface area contributed by atoms with Crippen molar-refractivity contribution in [3.63, 3.8) is 0 Å². The van der Waals surface area contributed by atoms with Gasteiger partial charge in [0.2, 0.25) is 11.8 Å². The van der Waals surface area contributed by atoms with Crippen molar-refractivity contribution in [2.24, 2.45) is 0 Å². The number of carboxylic acids is 9. The van der Waals surface area contributed by atoms with Crippen molar-refractivity contribution < 1.29 is 185 Å². The Hall–Kier alpha value is -6.99. The highest BCUT2D eigenvalue weighted by molar-refractivity contribution is 5.79. The molecule has 51 nitrogen and oxygen atoms in total. The molecule has 0 radical (unpaired) electrons. The molecule has 13 atom stereocenters. The van der Waals surface area contributed by atoms with Crippen molar-refractivity contribution in [2.75, 3.05) is 296 Å². The summed E-state index contributed by atoms with van der Waals surface area (Å²) in [6.07, 6.45) is -1.36. The van der Waals surface area contributed by atoms with Crippen LogP contribution in [0.1, 0.15) is 0 Å². The molecule has 0 spiro atoms. The molecule has 25 N–H and O–H groups in total. The van der Waals surface area contributed by atoms with Crippen molar-refractivity contribution in [1.29, 1.82) is 0 Å². The molecule has 0 aliphatic carbocycles. The van der Waals surface area contributed by atoms with Gasteiger partial charge in [-0.25, -0.2) is 0 Å². The van der Waals surface area contributed by atoms with Gasteiger partial charge >= 0.3 is 53.7 Å². The molecule has 0 aromatic carbocycles. The number of nitrogens with one attached hydrogen (secondary N) is 1. The van der Waals surface area contributed by atoms with Crippen LogP contribution in [-0.2, 0) is 62.2 Å². The van der Waals surface area contributed by atoms with Crippen molar-refractivity contribution in [3.8, 4) is 0 Å². The predicted octanol–water partition coefficient (Wildman–Crippen LogP) is -16.9. The Balaban J connectivity index is 0.000000611. The number of carbonyl (C=O) groups is 11. The number of rotatable bonds is 42. The number of aliphatic hydroxyl groups is 15. The fourth-order valence-corrected chi connectivity index (χ4v) is 14.4. The Morgan fingerprint density at radius 1 is 0.317 bits per heavy atom. The van der Waals surface area contributed by atoms with Gasteiger partial charge in [-0.15, -0.1) is 0 Å². The standard InChI is InChI=1S/C24H45N5O13.C24H43N5O12.C21H40N4O12/c30-2-4-42-3-1-25-21(35)9-26-5-18(14-32)28(11-23(38)39)7-20(16-34)29(12-24(40)41)8-19(15-33)27(10-22(36)37)6-17(26)13-31;30-13-17-6-27(10-22(35)36)19(15-32)8-29(12-24(39)40)20(16-33)7-28(11-23(37)38)18(14-31)5-26(17)9-21(34)25-1-3-41-4-2-25;26-9-14(18(31)13-30)22-1-3-23(15(10-27)19(32)33)5-7-25(17(12-29)21(36)37)8-6-24(4-2-22)16(11-28)20(34)35/h17-20,30-34H,1-16H2,(H,25,35)(H,36,37)(H,38,39)(H,40,41);17-20,30-33H,1-16H2,(H,35,36)(H,37,38)(H,39,40);14-18,26-31H,1-13H2,(H,32,33)(H,34,35)(H,36,37). The zero-order valence-corrected chi connectivity index (χ0v) is 67.2. The lowest BCUT2D eigenvalue weighted by atomic mass is 10.1. The highest BCUT2D eigenvalue weighted by Crippen LogP contribution is 2.21. The summed E-state index contributed by atoms with van der Waals surface area (Å²) in [6.45, 7) is -12.7. The van der Waals surface area contributed by atoms with Gasteiger partial charge in [-0.1, -0.05) is 0 Å². The van der Waals surface area contributed by atoms with Crippen LogP contribution in [0.15, 0.2) is 0 Å². The summed E-state index contributed by atoms with van der Waals surface area (Å²) in [5, 5.41) is 238. The maximum atomic E-state index is 13.2. The lowest BCUT2D eigenvalue weighted by Gasteiger charge is -2.44. The fraction of sp³-hybridized carbons (Fsp3) is 0.841. The molecule has 4 heterocycles. The van der Waals surface area contributed by atoms with Crippen LogP contribution >= 0.6 is 0 Å². The number of carboxylic acid groups (broad SMARTS) is 9. The number of carbonyl (C=O) groups excluding carboxylic acids is 2. The molecule has 4 saturated heterocycles. The molecule has 696 valence electrons. The van der Waals surface area contributed by atoms with E-state index in [1.165, 1.54) is 49.0 Å². The third-order valence-electron chi connectivity index (χ3n) is 20.9. The molecule has 4 fully saturated rings. The molecule has 0 aromatic rings. The van der Waals surface area contributed by atoms with Gasteiger partial charge in [0.05, 0.1) is 183 Å². The second-order valence-electron chi connectivity index (χ2n) is 28.9. The van der Waals surface area contributed by atoms with E-state index in [2.05, 4.69) is 5.32 Å². The summed E-state index contributed by atoms with van der Waals surface area (Å²) in [5.74, 6) is -12.4. The largest absolute Gasteiger partial charge is 0.480 e. The maximum absolute atomic E-state index is 13.2. The second-order valence-corrected chi connectivity index (χ2v) is 28.9. The van der Waals surface area contributed by atoms with Gasteiger partial charge in [-0.05, 0) is 0 Å². The van der Waals surface area contributed by atoms with E-state index in [9.17, 15) is 170 Å². The van der Waals surface area contributed by atoms with Gasteiger partial charge in [0.25, 0.3) is 0 Å². The minimum Gasteiger partial charge on any atom is -0.480 e. The smallest absolute Gasteiger partial charge is 0.323 e. The number of amides is 2. The third kappa shape index (κ3) is 38.8. The molecule has 0 aromatic heterocycles. The number of hydrogen-bond acceptors (Lipinski definition) is 40. The lowest BCUT2D eigenvalue weighted by Crippen LogP contribution is -2.62. The molecule has 13 unspecified atom stereocenters. The van der Waals surface area contributed by atoms with Crippen molar-refractivity contribution in [1.82, 2.24) is 69.0 Å².